The number of anilines is 2. The van der Waals surface area contributed by atoms with E-state index in [9.17, 15) is 14.9 Å². The Kier molecular flexibility index (Phi) is 7.11. The highest BCUT2D eigenvalue weighted by Gasteiger charge is 2.25. The van der Waals surface area contributed by atoms with Gasteiger partial charge in [-0.3, -0.25) is 9.69 Å². The van der Waals surface area contributed by atoms with E-state index in [-0.39, 0.29) is 5.56 Å². The molecule has 9 heteroatoms. The Morgan fingerprint density at radius 3 is 2.74 bits per heavy atom. The van der Waals surface area contributed by atoms with Gasteiger partial charge in [-0.05, 0) is 35.7 Å². The summed E-state index contributed by atoms with van der Waals surface area (Å²) >= 11 is 1.40. The molecule has 0 fully saturated rings. The van der Waals surface area contributed by atoms with Crippen LogP contribution in [0.25, 0.3) is 0 Å². The quantitative estimate of drug-likeness (QED) is 0.395. The first kappa shape index (κ1) is 23.3. The third kappa shape index (κ3) is 5.20. The molecule has 34 heavy (non-hydrogen) atoms. The monoisotopic (exact) mass is 476 g/mol. The Morgan fingerprint density at radius 2 is 2.03 bits per heavy atom. The number of nitriles is 1. The second kappa shape index (κ2) is 10.4. The van der Waals surface area contributed by atoms with Crippen molar-refractivity contribution in [2.24, 2.45) is 0 Å². The summed E-state index contributed by atoms with van der Waals surface area (Å²) in [6, 6.07) is 17.0. The molecule has 174 valence electrons. The van der Waals surface area contributed by atoms with E-state index in [4.69, 9.17) is 15.2 Å². The summed E-state index contributed by atoms with van der Waals surface area (Å²) in [5.41, 5.74) is 9.03. The van der Waals surface area contributed by atoms with Crippen molar-refractivity contribution in [2.45, 2.75) is 19.5 Å². The lowest BCUT2D eigenvalue weighted by atomic mass is 10.0. The van der Waals surface area contributed by atoms with Crippen molar-refractivity contribution in [3.05, 3.63) is 75.7 Å². The van der Waals surface area contributed by atoms with E-state index in [1.54, 1.807) is 6.07 Å². The van der Waals surface area contributed by atoms with Gasteiger partial charge in [0.1, 0.15) is 16.8 Å². The number of hydrogen-bond acceptors (Lipinski definition) is 8. The summed E-state index contributed by atoms with van der Waals surface area (Å²) in [4.78, 5) is 28.1. The largest absolute Gasteiger partial charge is 0.495 e. The van der Waals surface area contributed by atoms with E-state index in [0.717, 1.165) is 30.0 Å². The predicted octanol–water partition coefficient (Wildman–Crippen LogP) is 3.56. The Morgan fingerprint density at radius 1 is 1.24 bits per heavy atom. The number of hydrogen-bond donors (Lipinski definition) is 2. The van der Waals surface area contributed by atoms with Crippen LogP contribution in [0.2, 0.25) is 0 Å². The van der Waals surface area contributed by atoms with Gasteiger partial charge in [0.15, 0.2) is 6.61 Å². The molecule has 0 radical (unpaired) electrons. The van der Waals surface area contributed by atoms with Crippen LogP contribution in [-0.2, 0) is 29.0 Å². The molecule has 1 amide bonds. The maximum atomic E-state index is 12.5. The zero-order valence-electron chi connectivity index (χ0n) is 18.7. The van der Waals surface area contributed by atoms with Crippen LogP contribution in [0.1, 0.15) is 31.9 Å². The van der Waals surface area contributed by atoms with Gasteiger partial charge < -0.3 is 20.5 Å². The zero-order chi connectivity index (χ0) is 24.1. The molecule has 2 aromatic carbocycles. The third-order valence-corrected chi connectivity index (χ3v) is 6.68. The highest BCUT2D eigenvalue weighted by atomic mass is 32.1. The van der Waals surface area contributed by atoms with E-state index < -0.39 is 18.5 Å². The summed E-state index contributed by atoms with van der Waals surface area (Å²) in [6.45, 7) is 1.91. The highest BCUT2D eigenvalue weighted by molar-refractivity contribution is 7.16. The molecule has 3 aromatic rings. The van der Waals surface area contributed by atoms with Crippen molar-refractivity contribution in [2.75, 3.05) is 31.3 Å². The molecule has 1 aromatic heterocycles. The zero-order valence-corrected chi connectivity index (χ0v) is 19.5. The number of carbonyl (C=O) groups is 2. The van der Waals surface area contributed by atoms with E-state index >= 15 is 0 Å². The second-order valence-corrected chi connectivity index (χ2v) is 8.95. The molecule has 0 aliphatic carbocycles. The number of ether oxygens (including phenoxy) is 2. The Labute approximate surface area is 201 Å². The first-order valence-electron chi connectivity index (χ1n) is 10.7. The van der Waals surface area contributed by atoms with Gasteiger partial charge >= 0.3 is 5.97 Å². The van der Waals surface area contributed by atoms with Gasteiger partial charge in [0.25, 0.3) is 5.91 Å². The number of carbonyl (C=O) groups excluding carboxylic acids is 2. The molecule has 1 aliphatic rings. The Bertz CT molecular complexity index is 1250. The number of thiophene rings is 1. The van der Waals surface area contributed by atoms with Crippen LogP contribution in [0.5, 0.6) is 5.75 Å². The number of nitrogens with one attached hydrogen (secondary N) is 1. The SMILES string of the molecule is COc1ccc(C(=O)OCC(=O)Nc2sc3c(c2C#N)CCN(Cc2ccccc2)C3)cc1N. The lowest BCUT2D eigenvalue weighted by molar-refractivity contribution is -0.119. The molecule has 0 spiro atoms. The summed E-state index contributed by atoms with van der Waals surface area (Å²) in [5.74, 6) is -0.736. The molecule has 8 nitrogen and oxygen atoms in total. The van der Waals surface area contributed by atoms with Gasteiger partial charge in [-0.15, -0.1) is 11.3 Å². The standard InChI is InChI=1S/C25H24N4O4S/c1-32-21-8-7-17(11-20(21)27)25(31)33-15-23(30)28-24-19(12-26)18-9-10-29(14-22(18)34-24)13-16-5-3-2-4-6-16/h2-8,11H,9-10,13-15,27H2,1H3,(H,28,30). The molecule has 0 saturated carbocycles. The fourth-order valence-electron chi connectivity index (χ4n) is 3.88. The minimum absolute atomic E-state index is 0.217. The lowest BCUT2D eigenvalue weighted by Gasteiger charge is -2.26. The van der Waals surface area contributed by atoms with Gasteiger partial charge in [-0.25, -0.2) is 4.79 Å². The topological polar surface area (TPSA) is 118 Å². The van der Waals surface area contributed by atoms with E-state index in [0.29, 0.717) is 28.5 Å². The average Bonchev–Trinajstić information content (AvgIpc) is 3.19. The van der Waals surface area contributed by atoms with E-state index in [1.165, 1.54) is 36.1 Å². The molecule has 4 rings (SSSR count). The highest BCUT2D eigenvalue weighted by Crippen LogP contribution is 2.37. The average molecular weight is 477 g/mol. The van der Waals surface area contributed by atoms with Gasteiger partial charge in [0.2, 0.25) is 0 Å². The minimum atomic E-state index is -0.674. The van der Waals surface area contributed by atoms with E-state index in [2.05, 4.69) is 28.4 Å². The molecule has 2 heterocycles. The van der Waals surface area contributed by atoms with E-state index in [1.807, 2.05) is 18.2 Å². The number of benzene rings is 2. The summed E-state index contributed by atoms with van der Waals surface area (Å²) in [5, 5.41) is 12.9. The summed E-state index contributed by atoms with van der Waals surface area (Å²) in [6.07, 6.45) is 0.741. The molecule has 0 saturated heterocycles. The lowest BCUT2D eigenvalue weighted by Crippen LogP contribution is -2.29. The van der Waals surface area contributed by atoms with Crippen LogP contribution in [0.4, 0.5) is 10.7 Å². The molecule has 0 unspecified atom stereocenters. The molecule has 3 N–H and O–H groups in total. The Hall–Kier alpha value is -3.87. The summed E-state index contributed by atoms with van der Waals surface area (Å²) in [7, 11) is 1.48. The number of nitrogens with zero attached hydrogens (tertiary/aromatic N) is 2. The van der Waals surface area contributed by atoms with Crippen LogP contribution >= 0.6 is 11.3 Å². The van der Waals surface area contributed by atoms with Crippen molar-refractivity contribution >= 4 is 33.9 Å². The van der Waals surface area contributed by atoms with Crippen molar-refractivity contribution in [1.29, 1.82) is 5.26 Å². The number of amides is 1. The van der Waals surface area contributed by atoms with Crippen molar-refractivity contribution in [3.8, 4) is 11.8 Å². The fraction of sp³-hybridized carbons (Fsp3) is 0.240. The fourth-order valence-corrected chi connectivity index (χ4v) is 5.13. The first-order chi connectivity index (χ1) is 16.5. The molecule has 1 aliphatic heterocycles. The second-order valence-electron chi connectivity index (χ2n) is 7.85. The molecular formula is C25H24N4O4S. The normalized spacial score (nSPS) is 12.9. The van der Waals surface area contributed by atoms with Crippen LogP contribution in [0, 0.1) is 11.3 Å². The van der Waals surface area contributed by atoms with Crippen molar-refractivity contribution in [1.82, 2.24) is 4.90 Å². The van der Waals surface area contributed by atoms with Gasteiger partial charge in [0, 0.05) is 24.5 Å². The predicted molar refractivity (Wildman–Crippen MR) is 130 cm³/mol. The summed E-state index contributed by atoms with van der Waals surface area (Å²) < 4.78 is 10.2. The van der Waals surface area contributed by atoms with Crippen LogP contribution in [0.15, 0.2) is 48.5 Å². The maximum Gasteiger partial charge on any atom is 0.338 e. The molecular weight excluding hydrogens is 452 g/mol. The molecule has 0 bridgehead atoms. The number of rotatable bonds is 7. The number of methoxy groups -OCH3 is 1. The van der Waals surface area contributed by atoms with Crippen molar-refractivity contribution in [3.63, 3.8) is 0 Å². The third-order valence-electron chi connectivity index (χ3n) is 5.55. The van der Waals surface area contributed by atoms with Crippen LogP contribution in [-0.4, -0.2) is 37.0 Å². The first-order valence-corrected chi connectivity index (χ1v) is 11.5. The number of nitrogen functional groups attached to an aromatic ring is 1. The number of nitrogens with two attached hydrogens (primary N) is 1. The number of esters is 1. The van der Waals surface area contributed by atoms with Gasteiger partial charge in [0.05, 0.1) is 23.9 Å². The minimum Gasteiger partial charge on any atom is -0.495 e. The van der Waals surface area contributed by atoms with Crippen LogP contribution in [0.3, 0.4) is 0 Å². The Balaban J connectivity index is 1.37. The van der Waals surface area contributed by atoms with Crippen molar-refractivity contribution < 1.29 is 19.1 Å². The molecule has 0 atom stereocenters. The smallest absolute Gasteiger partial charge is 0.338 e. The maximum absolute atomic E-state index is 12.5. The number of fused-ring (bicyclic) bond motifs is 1. The van der Waals surface area contributed by atoms with Crippen LogP contribution < -0.4 is 15.8 Å². The van der Waals surface area contributed by atoms with Gasteiger partial charge in [-0.2, -0.15) is 5.26 Å². The van der Waals surface area contributed by atoms with Gasteiger partial charge in [-0.1, -0.05) is 30.3 Å².